The van der Waals surface area contributed by atoms with Crippen LogP contribution in [-0.4, -0.2) is 50.8 Å². The normalized spacial score (nSPS) is 16.1. The topological polar surface area (TPSA) is 82.4 Å². The quantitative estimate of drug-likeness (QED) is 0.640. The lowest BCUT2D eigenvalue weighted by Gasteiger charge is -2.16. The molecule has 3 aromatic rings. The Labute approximate surface area is 169 Å². The minimum Gasteiger partial charge on any atom is -0.497 e. The second-order valence-electron chi connectivity index (χ2n) is 7.02. The fourth-order valence-electron chi connectivity index (χ4n) is 3.41. The third-order valence-electron chi connectivity index (χ3n) is 4.87. The van der Waals surface area contributed by atoms with Crippen molar-refractivity contribution >= 4 is 5.91 Å². The van der Waals surface area contributed by atoms with E-state index in [1.165, 1.54) is 0 Å². The first-order chi connectivity index (χ1) is 14.1. The molecule has 3 heterocycles. The van der Waals surface area contributed by atoms with Crippen molar-refractivity contribution in [1.29, 1.82) is 0 Å². The summed E-state index contributed by atoms with van der Waals surface area (Å²) in [5.41, 5.74) is 0.828. The van der Waals surface area contributed by atoms with Gasteiger partial charge in [-0.25, -0.2) is 4.98 Å². The van der Waals surface area contributed by atoms with Gasteiger partial charge in [-0.05, 0) is 31.5 Å². The standard InChI is InChI=1S/C21H23N5O3/c1-15-11-19(29-18-6-3-5-17(12-18)28-2)24-21(23-15)16-7-10-25(13-16)20(27)14-26-9-4-8-22-26/h3-6,8-9,11-12,16H,7,10,13-14H2,1-2H3. The summed E-state index contributed by atoms with van der Waals surface area (Å²) < 4.78 is 12.8. The van der Waals surface area contributed by atoms with E-state index >= 15 is 0 Å². The Morgan fingerprint density at radius 2 is 2.07 bits per heavy atom. The summed E-state index contributed by atoms with van der Waals surface area (Å²) in [6.07, 6.45) is 4.29. The maximum atomic E-state index is 12.5. The Kier molecular flexibility index (Phi) is 5.41. The van der Waals surface area contributed by atoms with E-state index < -0.39 is 0 Å². The predicted octanol–water partition coefficient (Wildman–Crippen LogP) is 2.80. The van der Waals surface area contributed by atoms with Crippen LogP contribution in [0.4, 0.5) is 0 Å². The number of carbonyl (C=O) groups excluding carboxylic acids is 1. The van der Waals surface area contributed by atoms with Crippen LogP contribution in [0.5, 0.6) is 17.4 Å². The molecule has 1 amide bonds. The lowest BCUT2D eigenvalue weighted by atomic mass is 10.1. The molecule has 1 saturated heterocycles. The summed E-state index contributed by atoms with van der Waals surface area (Å²) in [7, 11) is 1.62. The summed E-state index contributed by atoms with van der Waals surface area (Å²) in [5.74, 6) is 2.70. The van der Waals surface area contributed by atoms with Gasteiger partial charge in [0.2, 0.25) is 11.8 Å². The van der Waals surface area contributed by atoms with Crippen LogP contribution in [0.15, 0.2) is 48.8 Å². The number of hydrogen-bond donors (Lipinski definition) is 0. The van der Waals surface area contributed by atoms with Crippen molar-refractivity contribution in [2.75, 3.05) is 20.2 Å². The van der Waals surface area contributed by atoms with Crippen LogP contribution in [0.2, 0.25) is 0 Å². The molecule has 0 aliphatic carbocycles. The van der Waals surface area contributed by atoms with E-state index in [2.05, 4.69) is 15.1 Å². The number of methoxy groups -OCH3 is 1. The predicted molar refractivity (Wildman–Crippen MR) is 106 cm³/mol. The molecule has 0 spiro atoms. The van der Waals surface area contributed by atoms with Crippen molar-refractivity contribution in [3.05, 3.63) is 60.3 Å². The minimum atomic E-state index is 0.0525. The van der Waals surface area contributed by atoms with Gasteiger partial charge in [-0.2, -0.15) is 10.1 Å². The molecule has 29 heavy (non-hydrogen) atoms. The highest BCUT2D eigenvalue weighted by molar-refractivity contribution is 5.76. The molecular formula is C21H23N5O3. The largest absolute Gasteiger partial charge is 0.497 e. The second kappa shape index (κ2) is 8.30. The summed E-state index contributed by atoms with van der Waals surface area (Å²) in [4.78, 5) is 23.6. The first kappa shape index (κ1) is 18.9. The summed E-state index contributed by atoms with van der Waals surface area (Å²) in [6.45, 7) is 3.45. The zero-order valence-corrected chi connectivity index (χ0v) is 16.5. The fraction of sp³-hybridized carbons (Fsp3) is 0.333. The molecule has 8 nitrogen and oxygen atoms in total. The summed E-state index contributed by atoms with van der Waals surface area (Å²) >= 11 is 0. The zero-order valence-electron chi connectivity index (χ0n) is 16.5. The van der Waals surface area contributed by atoms with Crippen LogP contribution in [0, 0.1) is 6.92 Å². The van der Waals surface area contributed by atoms with Gasteiger partial charge in [-0.15, -0.1) is 0 Å². The number of amides is 1. The molecule has 2 aromatic heterocycles. The van der Waals surface area contributed by atoms with E-state index in [0.717, 1.165) is 17.9 Å². The van der Waals surface area contributed by atoms with Crippen molar-refractivity contribution in [2.24, 2.45) is 0 Å². The maximum absolute atomic E-state index is 12.5. The molecule has 1 aliphatic heterocycles. The molecule has 0 saturated carbocycles. The molecule has 1 aliphatic rings. The Balaban J connectivity index is 1.45. The zero-order chi connectivity index (χ0) is 20.2. The van der Waals surface area contributed by atoms with Crippen LogP contribution in [0.3, 0.4) is 0 Å². The van der Waals surface area contributed by atoms with E-state index in [0.29, 0.717) is 30.5 Å². The average Bonchev–Trinajstić information content (AvgIpc) is 3.40. The van der Waals surface area contributed by atoms with Crippen molar-refractivity contribution < 1.29 is 14.3 Å². The van der Waals surface area contributed by atoms with Crippen LogP contribution >= 0.6 is 0 Å². The number of hydrogen-bond acceptors (Lipinski definition) is 6. The van der Waals surface area contributed by atoms with Crippen LogP contribution < -0.4 is 9.47 Å². The summed E-state index contributed by atoms with van der Waals surface area (Å²) in [5, 5.41) is 4.10. The average molecular weight is 393 g/mol. The molecule has 1 aromatic carbocycles. The number of rotatable bonds is 6. The maximum Gasteiger partial charge on any atom is 0.244 e. The van der Waals surface area contributed by atoms with E-state index in [-0.39, 0.29) is 18.4 Å². The molecule has 1 unspecified atom stereocenters. The number of carbonyl (C=O) groups is 1. The Morgan fingerprint density at radius 3 is 2.86 bits per heavy atom. The van der Waals surface area contributed by atoms with Crippen molar-refractivity contribution in [3.63, 3.8) is 0 Å². The molecule has 0 N–H and O–H groups in total. The van der Waals surface area contributed by atoms with Gasteiger partial charge in [0.25, 0.3) is 0 Å². The van der Waals surface area contributed by atoms with Crippen LogP contribution in [0.25, 0.3) is 0 Å². The van der Waals surface area contributed by atoms with Gasteiger partial charge in [-0.1, -0.05) is 6.07 Å². The van der Waals surface area contributed by atoms with Gasteiger partial charge in [0.15, 0.2) is 0 Å². The van der Waals surface area contributed by atoms with Crippen LogP contribution in [-0.2, 0) is 11.3 Å². The number of benzene rings is 1. The lowest BCUT2D eigenvalue weighted by molar-refractivity contribution is -0.131. The lowest BCUT2D eigenvalue weighted by Crippen LogP contribution is -2.32. The number of aromatic nitrogens is 4. The van der Waals surface area contributed by atoms with Gasteiger partial charge in [0.05, 0.1) is 7.11 Å². The van der Waals surface area contributed by atoms with Gasteiger partial charge >= 0.3 is 0 Å². The highest BCUT2D eigenvalue weighted by atomic mass is 16.5. The van der Waals surface area contributed by atoms with E-state index in [4.69, 9.17) is 9.47 Å². The Bertz CT molecular complexity index is 990. The SMILES string of the molecule is COc1cccc(Oc2cc(C)nc(C3CCN(C(=O)Cn4cccn4)C3)n2)c1. The molecule has 1 fully saturated rings. The number of likely N-dealkylation sites (tertiary alicyclic amines) is 1. The van der Waals surface area contributed by atoms with E-state index in [1.54, 1.807) is 30.3 Å². The molecular weight excluding hydrogens is 370 g/mol. The van der Waals surface area contributed by atoms with Gasteiger partial charge in [0, 0.05) is 49.2 Å². The number of nitrogens with zero attached hydrogens (tertiary/aromatic N) is 5. The smallest absolute Gasteiger partial charge is 0.244 e. The minimum absolute atomic E-state index is 0.0525. The van der Waals surface area contributed by atoms with Crippen LogP contribution in [0.1, 0.15) is 23.9 Å². The Hall–Kier alpha value is -3.42. The van der Waals surface area contributed by atoms with Gasteiger partial charge < -0.3 is 14.4 Å². The molecule has 4 rings (SSSR count). The van der Waals surface area contributed by atoms with E-state index in [9.17, 15) is 4.79 Å². The molecule has 0 radical (unpaired) electrons. The first-order valence-electron chi connectivity index (χ1n) is 9.53. The van der Waals surface area contributed by atoms with Crippen molar-refractivity contribution in [1.82, 2.24) is 24.6 Å². The Morgan fingerprint density at radius 1 is 1.21 bits per heavy atom. The molecule has 1 atom stereocenters. The second-order valence-corrected chi connectivity index (χ2v) is 7.02. The molecule has 150 valence electrons. The number of aryl methyl sites for hydroxylation is 1. The third kappa shape index (κ3) is 4.53. The fourth-order valence-corrected chi connectivity index (χ4v) is 3.41. The van der Waals surface area contributed by atoms with Crippen molar-refractivity contribution in [2.45, 2.75) is 25.8 Å². The monoisotopic (exact) mass is 393 g/mol. The van der Waals surface area contributed by atoms with Crippen molar-refractivity contribution in [3.8, 4) is 17.4 Å². The highest BCUT2D eigenvalue weighted by Gasteiger charge is 2.29. The molecule has 8 heteroatoms. The molecule has 0 bridgehead atoms. The van der Waals surface area contributed by atoms with Gasteiger partial charge in [0.1, 0.15) is 23.9 Å². The number of ether oxygens (including phenoxy) is 2. The first-order valence-corrected chi connectivity index (χ1v) is 9.53. The summed E-state index contributed by atoms with van der Waals surface area (Å²) in [6, 6.07) is 11.0. The van der Waals surface area contributed by atoms with Gasteiger partial charge in [-0.3, -0.25) is 9.48 Å². The van der Waals surface area contributed by atoms with E-state index in [1.807, 2.05) is 42.2 Å². The highest BCUT2D eigenvalue weighted by Crippen LogP contribution is 2.29. The third-order valence-corrected chi connectivity index (χ3v) is 4.87.